The number of carbonyl (C=O) groups is 1. The van der Waals surface area contributed by atoms with E-state index in [-0.39, 0.29) is 21.8 Å². The molecule has 5 heteroatoms. The minimum absolute atomic E-state index is 0.0766. The van der Waals surface area contributed by atoms with Gasteiger partial charge in [-0.2, -0.15) is 8.42 Å². The molecule has 4 aliphatic rings. The van der Waals surface area contributed by atoms with Crippen LogP contribution in [0.1, 0.15) is 77.2 Å². The average molecular weight is 445 g/mol. The van der Waals surface area contributed by atoms with E-state index >= 15 is 0 Å². The number of aryl methyl sites for hydroxylation is 1. The lowest BCUT2D eigenvalue weighted by molar-refractivity contribution is -0.141. The van der Waals surface area contributed by atoms with Gasteiger partial charge >= 0.3 is 0 Å². The maximum absolute atomic E-state index is 12.8. The highest BCUT2D eigenvalue weighted by atomic mass is 32.2. The van der Waals surface area contributed by atoms with Gasteiger partial charge in [0, 0.05) is 11.8 Å². The second kappa shape index (κ2) is 7.41. The van der Waals surface area contributed by atoms with Gasteiger partial charge in [0.2, 0.25) is 0 Å². The van der Waals surface area contributed by atoms with Gasteiger partial charge in [0.05, 0.1) is 11.0 Å². The second-order valence-electron chi connectivity index (χ2n) is 11.3. The maximum atomic E-state index is 12.8. The van der Waals surface area contributed by atoms with E-state index in [1.165, 1.54) is 6.42 Å². The van der Waals surface area contributed by atoms with Crippen molar-refractivity contribution in [1.29, 1.82) is 0 Å². The SMILES string of the molecule is Cc1ccc(S(=O)(=O)O[C@H]2CC[C@]3(C)C4CC[C@]5(C)C(=O)CC[C@H]5C4CC[C@H]3C2)cc1. The standard InChI is InChI=1S/C26H36O4S/c1-17-4-7-20(8-5-17)31(28,29)30-19-12-14-25(2)18(16-19)6-9-21-22-10-11-24(27)26(22,3)15-13-23(21)25/h4-5,7-8,18-19,21-23H,6,9-16H2,1-3H3/t18-,19-,21?,22-,23?,25-,26-/m0/s1. The number of fused-ring (bicyclic) bond motifs is 5. The van der Waals surface area contributed by atoms with E-state index in [0.717, 1.165) is 56.9 Å². The van der Waals surface area contributed by atoms with E-state index in [4.69, 9.17) is 4.18 Å². The highest BCUT2D eigenvalue weighted by molar-refractivity contribution is 7.86. The summed E-state index contributed by atoms with van der Waals surface area (Å²) < 4.78 is 31.4. The smallest absolute Gasteiger partial charge is 0.297 e. The van der Waals surface area contributed by atoms with Gasteiger partial charge in [-0.3, -0.25) is 8.98 Å². The van der Waals surface area contributed by atoms with Gasteiger partial charge in [-0.1, -0.05) is 31.5 Å². The minimum atomic E-state index is -3.72. The third kappa shape index (κ3) is 3.42. The third-order valence-electron chi connectivity index (χ3n) is 9.90. The summed E-state index contributed by atoms with van der Waals surface area (Å²) in [5.41, 5.74) is 1.22. The van der Waals surface area contributed by atoms with E-state index in [1.807, 2.05) is 19.1 Å². The lowest BCUT2D eigenvalue weighted by Gasteiger charge is -2.60. The van der Waals surface area contributed by atoms with Crippen LogP contribution in [-0.4, -0.2) is 20.3 Å². The molecule has 0 amide bonds. The average Bonchev–Trinajstić information content (AvgIpc) is 3.03. The van der Waals surface area contributed by atoms with E-state index in [9.17, 15) is 13.2 Å². The number of ketones is 1. The first-order valence-corrected chi connectivity index (χ1v) is 13.6. The Kier molecular flexibility index (Phi) is 5.17. The van der Waals surface area contributed by atoms with Crippen LogP contribution in [0.25, 0.3) is 0 Å². The molecule has 0 bridgehead atoms. The molecular formula is C26H36O4S. The first kappa shape index (κ1) is 21.6. The molecule has 0 saturated heterocycles. The van der Waals surface area contributed by atoms with Crippen LogP contribution in [0, 0.1) is 41.4 Å². The van der Waals surface area contributed by atoms with Crippen LogP contribution in [0.15, 0.2) is 29.2 Å². The molecule has 7 atom stereocenters. The summed E-state index contributed by atoms with van der Waals surface area (Å²) in [6.45, 7) is 6.64. The summed E-state index contributed by atoms with van der Waals surface area (Å²) >= 11 is 0. The molecule has 4 fully saturated rings. The normalized spacial score (nSPS) is 42.5. The molecular weight excluding hydrogens is 408 g/mol. The predicted molar refractivity (Wildman–Crippen MR) is 120 cm³/mol. The fourth-order valence-electron chi connectivity index (χ4n) is 8.02. The molecule has 0 spiro atoms. The minimum Gasteiger partial charge on any atom is -0.299 e. The molecule has 31 heavy (non-hydrogen) atoms. The molecule has 2 unspecified atom stereocenters. The van der Waals surface area contributed by atoms with Crippen LogP contribution in [-0.2, 0) is 19.1 Å². The van der Waals surface area contributed by atoms with Crippen molar-refractivity contribution in [1.82, 2.24) is 0 Å². The van der Waals surface area contributed by atoms with E-state index in [1.54, 1.807) is 12.1 Å². The maximum Gasteiger partial charge on any atom is 0.297 e. The molecule has 0 aliphatic heterocycles. The van der Waals surface area contributed by atoms with Crippen LogP contribution in [0.5, 0.6) is 0 Å². The fourth-order valence-corrected chi connectivity index (χ4v) is 9.13. The first-order valence-electron chi connectivity index (χ1n) is 12.2. The Bertz CT molecular complexity index is 968. The van der Waals surface area contributed by atoms with Crippen LogP contribution in [0.2, 0.25) is 0 Å². The lowest BCUT2D eigenvalue weighted by Crippen LogP contribution is -2.54. The Hall–Kier alpha value is -1.20. The van der Waals surface area contributed by atoms with Crippen molar-refractivity contribution in [3.63, 3.8) is 0 Å². The Morgan fingerprint density at radius 1 is 0.935 bits per heavy atom. The second-order valence-corrected chi connectivity index (χ2v) is 12.9. The topological polar surface area (TPSA) is 60.4 Å². The van der Waals surface area contributed by atoms with Crippen LogP contribution in [0.3, 0.4) is 0 Å². The quantitative estimate of drug-likeness (QED) is 0.563. The summed E-state index contributed by atoms with van der Waals surface area (Å²) in [5.74, 6) is 2.92. The largest absolute Gasteiger partial charge is 0.299 e. The summed E-state index contributed by atoms with van der Waals surface area (Å²) in [6, 6.07) is 6.93. The van der Waals surface area contributed by atoms with Crippen LogP contribution < -0.4 is 0 Å². The molecule has 4 nitrogen and oxygen atoms in total. The van der Waals surface area contributed by atoms with Crippen molar-refractivity contribution in [2.24, 2.45) is 34.5 Å². The van der Waals surface area contributed by atoms with Crippen LogP contribution >= 0.6 is 0 Å². The summed E-state index contributed by atoms with van der Waals surface area (Å²) in [5, 5.41) is 0. The van der Waals surface area contributed by atoms with Crippen molar-refractivity contribution in [3.8, 4) is 0 Å². The van der Waals surface area contributed by atoms with E-state index in [2.05, 4.69) is 13.8 Å². The molecule has 5 rings (SSSR count). The highest BCUT2D eigenvalue weighted by Gasteiger charge is 2.60. The Balaban J connectivity index is 1.30. The molecule has 0 radical (unpaired) electrons. The monoisotopic (exact) mass is 444 g/mol. The van der Waals surface area contributed by atoms with Gasteiger partial charge < -0.3 is 0 Å². The summed E-state index contributed by atoms with van der Waals surface area (Å²) in [7, 11) is -3.72. The predicted octanol–water partition coefficient (Wildman–Crippen LogP) is 5.68. The van der Waals surface area contributed by atoms with Gasteiger partial charge in [-0.05, 0) is 99.5 Å². The molecule has 170 valence electrons. The molecule has 1 aromatic rings. The number of rotatable bonds is 3. The van der Waals surface area contributed by atoms with E-state index < -0.39 is 10.1 Å². The number of Topliss-reactive ketones (excluding diaryl/α,β-unsaturated/α-hetero) is 1. The summed E-state index contributed by atoms with van der Waals surface area (Å²) in [4.78, 5) is 12.9. The highest BCUT2D eigenvalue weighted by Crippen LogP contribution is 2.65. The van der Waals surface area contributed by atoms with Gasteiger partial charge in [0.1, 0.15) is 5.78 Å². The summed E-state index contributed by atoms with van der Waals surface area (Å²) in [6.07, 6.45) is 8.85. The number of carbonyl (C=O) groups excluding carboxylic acids is 1. The van der Waals surface area contributed by atoms with Crippen molar-refractivity contribution >= 4 is 15.9 Å². The number of hydrogen-bond acceptors (Lipinski definition) is 4. The number of benzene rings is 1. The molecule has 0 N–H and O–H groups in total. The Morgan fingerprint density at radius 3 is 2.42 bits per heavy atom. The molecule has 0 heterocycles. The molecule has 4 aliphatic carbocycles. The zero-order chi connectivity index (χ0) is 22.0. The van der Waals surface area contributed by atoms with Gasteiger partial charge in [-0.15, -0.1) is 0 Å². The van der Waals surface area contributed by atoms with Gasteiger partial charge in [-0.25, -0.2) is 0 Å². The molecule has 4 saturated carbocycles. The lowest BCUT2D eigenvalue weighted by atomic mass is 9.45. The Morgan fingerprint density at radius 2 is 1.68 bits per heavy atom. The zero-order valence-corrected chi connectivity index (χ0v) is 19.9. The zero-order valence-electron chi connectivity index (χ0n) is 19.1. The van der Waals surface area contributed by atoms with Gasteiger partial charge in [0.25, 0.3) is 10.1 Å². The first-order chi connectivity index (χ1) is 14.6. The third-order valence-corrected chi connectivity index (χ3v) is 11.3. The van der Waals surface area contributed by atoms with Crippen molar-refractivity contribution in [2.45, 2.75) is 89.6 Å². The van der Waals surface area contributed by atoms with E-state index in [0.29, 0.717) is 29.5 Å². The molecule has 1 aromatic carbocycles. The molecule has 0 aromatic heterocycles. The van der Waals surface area contributed by atoms with Crippen molar-refractivity contribution < 1.29 is 17.4 Å². The van der Waals surface area contributed by atoms with Crippen molar-refractivity contribution in [2.75, 3.05) is 0 Å². The van der Waals surface area contributed by atoms with Crippen LogP contribution in [0.4, 0.5) is 0 Å². The van der Waals surface area contributed by atoms with Gasteiger partial charge in [0.15, 0.2) is 0 Å². The number of hydrogen-bond donors (Lipinski definition) is 0. The Labute approximate surface area is 187 Å². The fraction of sp³-hybridized carbons (Fsp3) is 0.731. The van der Waals surface area contributed by atoms with Crippen molar-refractivity contribution in [3.05, 3.63) is 29.8 Å².